The molecule has 16 heavy (non-hydrogen) atoms. The van der Waals surface area contributed by atoms with Gasteiger partial charge in [0.15, 0.2) is 0 Å². The molecule has 1 unspecified atom stereocenters. The van der Waals surface area contributed by atoms with Gasteiger partial charge >= 0.3 is 0 Å². The fourth-order valence-electron chi connectivity index (χ4n) is 2.14. The standard InChI is InChI=1S/C14H29NS/c1-4-8-15-14(9-13-6-5-7-13)11-16-10-12(2)3/h12-15H,4-11H2,1-3H3. The highest BCUT2D eigenvalue weighted by Gasteiger charge is 2.21. The summed E-state index contributed by atoms with van der Waals surface area (Å²) >= 11 is 2.13. The van der Waals surface area contributed by atoms with Crippen LogP contribution in [0.1, 0.15) is 52.9 Å². The van der Waals surface area contributed by atoms with Gasteiger partial charge in [0.2, 0.25) is 0 Å². The lowest BCUT2D eigenvalue weighted by Crippen LogP contribution is -2.35. The quantitative estimate of drug-likeness (QED) is 0.658. The smallest absolute Gasteiger partial charge is 0.0160 e. The molecule has 0 saturated heterocycles. The van der Waals surface area contributed by atoms with Crippen LogP contribution in [0.3, 0.4) is 0 Å². The van der Waals surface area contributed by atoms with E-state index in [1.54, 1.807) is 0 Å². The average Bonchev–Trinajstić information content (AvgIpc) is 2.18. The topological polar surface area (TPSA) is 12.0 Å². The van der Waals surface area contributed by atoms with Crippen molar-refractivity contribution in [2.75, 3.05) is 18.1 Å². The van der Waals surface area contributed by atoms with Crippen LogP contribution in [0.15, 0.2) is 0 Å². The lowest BCUT2D eigenvalue weighted by atomic mass is 9.81. The molecule has 1 atom stereocenters. The summed E-state index contributed by atoms with van der Waals surface area (Å²) in [4.78, 5) is 0. The Morgan fingerprint density at radius 2 is 2.00 bits per heavy atom. The van der Waals surface area contributed by atoms with Gasteiger partial charge in [-0.05, 0) is 37.0 Å². The van der Waals surface area contributed by atoms with E-state index in [9.17, 15) is 0 Å². The highest BCUT2D eigenvalue weighted by molar-refractivity contribution is 7.99. The SMILES string of the molecule is CCCNC(CSCC(C)C)CC1CCC1. The zero-order valence-electron chi connectivity index (χ0n) is 11.3. The lowest BCUT2D eigenvalue weighted by Gasteiger charge is -2.30. The monoisotopic (exact) mass is 243 g/mol. The molecule has 0 spiro atoms. The number of nitrogens with one attached hydrogen (secondary N) is 1. The van der Waals surface area contributed by atoms with E-state index in [0.29, 0.717) is 0 Å². The highest BCUT2D eigenvalue weighted by atomic mass is 32.2. The van der Waals surface area contributed by atoms with Gasteiger partial charge in [-0.3, -0.25) is 0 Å². The van der Waals surface area contributed by atoms with E-state index in [1.165, 1.54) is 50.2 Å². The summed E-state index contributed by atoms with van der Waals surface area (Å²) < 4.78 is 0. The van der Waals surface area contributed by atoms with Crippen molar-refractivity contribution in [3.05, 3.63) is 0 Å². The van der Waals surface area contributed by atoms with Crippen molar-refractivity contribution in [3.8, 4) is 0 Å². The Balaban J connectivity index is 2.14. The number of hydrogen-bond donors (Lipinski definition) is 1. The van der Waals surface area contributed by atoms with E-state index in [1.807, 2.05) is 0 Å². The second-order valence-electron chi connectivity index (χ2n) is 5.61. The van der Waals surface area contributed by atoms with Gasteiger partial charge < -0.3 is 5.32 Å². The molecule has 0 heterocycles. The molecule has 96 valence electrons. The predicted octanol–water partition coefficient (Wildman–Crippen LogP) is 3.93. The summed E-state index contributed by atoms with van der Waals surface area (Å²) in [7, 11) is 0. The Bertz CT molecular complexity index is 166. The molecular formula is C14H29NS. The van der Waals surface area contributed by atoms with E-state index in [4.69, 9.17) is 0 Å². The maximum Gasteiger partial charge on any atom is 0.0160 e. The van der Waals surface area contributed by atoms with Gasteiger partial charge in [-0.1, -0.05) is 40.0 Å². The van der Waals surface area contributed by atoms with E-state index >= 15 is 0 Å². The van der Waals surface area contributed by atoms with Crippen molar-refractivity contribution in [2.45, 2.75) is 58.9 Å². The van der Waals surface area contributed by atoms with Crippen molar-refractivity contribution < 1.29 is 0 Å². The first-order valence-corrected chi connectivity index (χ1v) is 8.19. The van der Waals surface area contributed by atoms with E-state index in [-0.39, 0.29) is 0 Å². The van der Waals surface area contributed by atoms with Gasteiger partial charge in [-0.25, -0.2) is 0 Å². The Morgan fingerprint density at radius 3 is 2.50 bits per heavy atom. The maximum absolute atomic E-state index is 3.72. The minimum absolute atomic E-state index is 0.772. The summed E-state index contributed by atoms with van der Waals surface area (Å²) in [6.45, 7) is 8.08. The summed E-state index contributed by atoms with van der Waals surface area (Å²) in [6.07, 6.45) is 7.13. The molecule has 1 saturated carbocycles. The van der Waals surface area contributed by atoms with Gasteiger partial charge in [-0.2, -0.15) is 11.8 Å². The molecule has 1 rings (SSSR count). The van der Waals surface area contributed by atoms with Crippen LogP contribution in [0.2, 0.25) is 0 Å². The molecule has 0 radical (unpaired) electrons. The molecule has 0 aromatic rings. The van der Waals surface area contributed by atoms with Crippen LogP contribution in [0, 0.1) is 11.8 Å². The van der Waals surface area contributed by atoms with Crippen LogP contribution in [-0.2, 0) is 0 Å². The van der Waals surface area contributed by atoms with Gasteiger partial charge in [-0.15, -0.1) is 0 Å². The Morgan fingerprint density at radius 1 is 1.25 bits per heavy atom. The zero-order chi connectivity index (χ0) is 11.8. The number of thioether (sulfide) groups is 1. The summed E-state index contributed by atoms with van der Waals surface area (Å²) in [5, 5.41) is 3.72. The molecular weight excluding hydrogens is 214 g/mol. The first kappa shape index (κ1) is 14.4. The molecule has 1 N–H and O–H groups in total. The molecule has 0 bridgehead atoms. The van der Waals surface area contributed by atoms with Crippen LogP contribution < -0.4 is 5.32 Å². The van der Waals surface area contributed by atoms with Crippen molar-refractivity contribution >= 4 is 11.8 Å². The third-order valence-electron chi connectivity index (χ3n) is 3.30. The van der Waals surface area contributed by atoms with Gasteiger partial charge in [0.25, 0.3) is 0 Å². The molecule has 2 heteroatoms. The molecule has 0 aromatic heterocycles. The average molecular weight is 243 g/mol. The second kappa shape index (κ2) is 8.41. The van der Waals surface area contributed by atoms with E-state index in [0.717, 1.165) is 17.9 Å². The first-order chi connectivity index (χ1) is 7.72. The Kier molecular flexibility index (Phi) is 7.55. The van der Waals surface area contributed by atoms with Crippen LogP contribution in [0.25, 0.3) is 0 Å². The fourth-order valence-corrected chi connectivity index (χ4v) is 3.28. The molecule has 0 amide bonds. The van der Waals surface area contributed by atoms with Crippen molar-refractivity contribution in [1.82, 2.24) is 5.32 Å². The second-order valence-corrected chi connectivity index (χ2v) is 6.69. The number of rotatable bonds is 9. The minimum atomic E-state index is 0.772. The van der Waals surface area contributed by atoms with Crippen LogP contribution in [-0.4, -0.2) is 24.1 Å². The molecule has 0 aromatic carbocycles. The predicted molar refractivity (Wildman–Crippen MR) is 76.2 cm³/mol. The third kappa shape index (κ3) is 6.15. The summed E-state index contributed by atoms with van der Waals surface area (Å²) in [5.74, 6) is 4.50. The van der Waals surface area contributed by atoms with Gasteiger partial charge in [0.05, 0.1) is 0 Å². The first-order valence-electron chi connectivity index (χ1n) is 7.03. The van der Waals surface area contributed by atoms with Crippen molar-refractivity contribution in [1.29, 1.82) is 0 Å². The van der Waals surface area contributed by atoms with Crippen molar-refractivity contribution in [3.63, 3.8) is 0 Å². The zero-order valence-corrected chi connectivity index (χ0v) is 12.1. The Labute approximate surface area is 106 Å². The molecule has 1 aliphatic rings. The Hall–Kier alpha value is 0.310. The van der Waals surface area contributed by atoms with Gasteiger partial charge in [0.1, 0.15) is 0 Å². The molecule has 1 aliphatic carbocycles. The van der Waals surface area contributed by atoms with Crippen LogP contribution >= 0.6 is 11.8 Å². The fraction of sp³-hybridized carbons (Fsp3) is 1.00. The van der Waals surface area contributed by atoms with Crippen LogP contribution in [0.5, 0.6) is 0 Å². The van der Waals surface area contributed by atoms with E-state index in [2.05, 4.69) is 37.8 Å². The van der Waals surface area contributed by atoms with Crippen molar-refractivity contribution in [2.24, 2.45) is 11.8 Å². The molecule has 1 fully saturated rings. The summed E-state index contributed by atoms with van der Waals surface area (Å²) in [5.41, 5.74) is 0. The van der Waals surface area contributed by atoms with Gasteiger partial charge in [0, 0.05) is 11.8 Å². The maximum atomic E-state index is 3.72. The third-order valence-corrected chi connectivity index (χ3v) is 4.84. The largest absolute Gasteiger partial charge is 0.313 e. The normalized spacial score (nSPS) is 18.8. The lowest BCUT2D eigenvalue weighted by molar-refractivity contribution is 0.268. The summed E-state index contributed by atoms with van der Waals surface area (Å²) in [6, 6.07) is 0.772. The molecule has 0 aliphatic heterocycles. The minimum Gasteiger partial charge on any atom is -0.313 e. The highest BCUT2D eigenvalue weighted by Crippen LogP contribution is 2.31. The molecule has 1 nitrogen and oxygen atoms in total. The number of hydrogen-bond acceptors (Lipinski definition) is 2. The van der Waals surface area contributed by atoms with Crippen LogP contribution in [0.4, 0.5) is 0 Å². The van der Waals surface area contributed by atoms with E-state index < -0.39 is 0 Å².